The van der Waals surface area contributed by atoms with Gasteiger partial charge in [-0.1, -0.05) is 12.1 Å². The van der Waals surface area contributed by atoms with Gasteiger partial charge in [0.25, 0.3) is 0 Å². The Labute approximate surface area is 113 Å². The summed E-state index contributed by atoms with van der Waals surface area (Å²) in [5.41, 5.74) is 11.0. The van der Waals surface area contributed by atoms with Gasteiger partial charge < -0.3 is 5.73 Å². The van der Waals surface area contributed by atoms with Gasteiger partial charge in [-0.3, -0.25) is 0 Å². The van der Waals surface area contributed by atoms with Gasteiger partial charge in [-0.25, -0.2) is 9.97 Å². The molecule has 1 heterocycles. The maximum Gasteiger partial charge on any atom is 0.145 e. The van der Waals surface area contributed by atoms with E-state index in [1.807, 2.05) is 13.0 Å². The molecule has 1 aliphatic carbocycles. The largest absolute Gasteiger partial charge is 0.322 e. The van der Waals surface area contributed by atoms with Crippen molar-refractivity contribution >= 4 is 0 Å². The van der Waals surface area contributed by atoms with Crippen LogP contribution >= 0.6 is 0 Å². The van der Waals surface area contributed by atoms with Crippen LogP contribution in [-0.2, 0) is 12.8 Å². The summed E-state index contributed by atoms with van der Waals surface area (Å²) >= 11 is 0. The van der Waals surface area contributed by atoms with Gasteiger partial charge in [0, 0.05) is 11.8 Å². The van der Waals surface area contributed by atoms with Crippen molar-refractivity contribution in [2.45, 2.75) is 38.6 Å². The first kappa shape index (κ1) is 12.3. The number of hydrogen-bond donors (Lipinski definition) is 1. The minimum atomic E-state index is -0.127. The van der Waals surface area contributed by atoms with Crippen LogP contribution in [0.1, 0.15) is 42.8 Å². The molecule has 2 aromatic rings. The second-order valence-corrected chi connectivity index (χ2v) is 5.28. The standard InChI is InChI=1S/C16H19N3/c1-11(17)16-18-9-8-15(19-16)14-7-6-12-4-2-3-5-13(12)10-14/h6-11H,2-5,17H2,1H3. The van der Waals surface area contributed by atoms with E-state index in [0.29, 0.717) is 5.82 Å². The first-order valence-corrected chi connectivity index (χ1v) is 6.95. The van der Waals surface area contributed by atoms with Crippen molar-refractivity contribution in [3.63, 3.8) is 0 Å². The molecule has 0 amide bonds. The van der Waals surface area contributed by atoms with Crippen molar-refractivity contribution < 1.29 is 0 Å². The summed E-state index contributed by atoms with van der Waals surface area (Å²) < 4.78 is 0. The van der Waals surface area contributed by atoms with Crippen LogP contribution in [0.25, 0.3) is 11.3 Å². The monoisotopic (exact) mass is 253 g/mol. The molecule has 0 bridgehead atoms. The van der Waals surface area contributed by atoms with Crippen LogP contribution in [0.2, 0.25) is 0 Å². The van der Waals surface area contributed by atoms with Gasteiger partial charge >= 0.3 is 0 Å². The van der Waals surface area contributed by atoms with E-state index in [0.717, 1.165) is 5.69 Å². The molecule has 1 aromatic heterocycles. The second kappa shape index (κ2) is 5.10. The third-order valence-corrected chi connectivity index (χ3v) is 3.73. The Morgan fingerprint density at radius 2 is 1.89 bits per heavy atom. The van der Waals surface area contributed by atoms with Crippen LogP contribution in [0, 0.1) is 0 Å². The van der Waals surface area contributed by atoms with Gasteiger partial charge in [0.2, 0.25) is 0 Å². The predicted octanol–water partition coefficient (Wildman–Crippen LogP) is 3.04. The van der Waals surface area contributed by atoms with Crippen molar-refractivity contribution in [2.24, 2.45) is 5.73 Å². The topological polar surface area (TPSA) is 51.8 Å². The molecule has 1 unspecified atom stereocenters. The Morgan fingerprint density at radius 1 is 1.11 bits per heavy atom. The lowest BCUT2D eigenvalue weighted by Crippen LogP contribution is -2.10. The third kappa shape index (κ3) is 2.51. The van der Waals surface area contributed by atoms with Gasteiger partial charge in [0.1, 0.15) is 5.82 Å². The van der Waals surface area contributed by atoms with Crippen LogP contribution < -0.4 is 5.73 Å². The molecule has 0 saturated carbocycles. The van der Waals surface area contributed by atoms with Gasteiger partial charge in [-0.15, -0.1) is 0 Å². The number of benzene rings is 1. The van der Waals surface area contributed by atoms with E-state index in [1.54, 1.807) is 6.20 Å². The lowest BCUT2D eigenvalue weighted by Gasteiger charge is -2.16. The second-order valence-electron chi connectivity index (χ2n) is 5.28. The minimum Gasteiger partial charge on any atom is -0.322 e. The number of hydrogen-bond acceptors (Lipinski definition) is 3. The van der Waals surface area contributed by atoms with Crippen LogP contribution in [0.4, 0.5) is 0 Å². The van der Waals surface area contributed by atoms with Gasteiger partial charge in [-0.05, 0) is 55.9 Å². The Balaban J connectivity index is 2.00. The van der Waals surface area contributed by atoms with E-state index in [2.05, 4.69) is 28.2 Å². The fraction of sp³-hybridized carbons (Fsp3) is 0.375. The van der Waals surface area contributed by atoms with Crippen LogP contribution in [0.3, 0.4) is 0 Å². The maximum atomic E-state index is 5.85. The highest BCUT2D eigenvalue weighted by atomic mass is 14.9. The zero-order chi connectivity index (χ0) is 13.2. The Hall–Kier alpha value is -1.74. The predicted molar refractivity (Wildman–Crippen MR) is 76.7 cm³/mol. The molecule has 3 nitrogen and oxygen atoms in total. The van der Waals surface area contributed by atoms with E-state index in [4.69, 9.17) is 5.73 Å². The summed E-state index contributed by atoms with van der Waals surface area (Å²) in [5.74, 6) is 0.704. The van der Waals surface area contributed by atoms with Crippen LogP contribution in [0.15, 0.2) is 30.5 Å². The summed E-state index contributed by atoms with van der Waals surface area (Å²) in [4.78, 5) is 8.77. The normalized spacial score (nSPS) is 15.9. The van der Waals surface area contributed by atoms with Crippen molar-refractivity contribution in [3.05, 3.63) is 47.4 Å². The van der Waals surface area contributed by atoms with Crippen molar-refractivity contribution in [2.75, 3.05) is 0 Å². The summed E-state index contributed by atoms with van der Waals surface area (Å²) in [6, 6.07) is 8.52. The molecule has 3 heteroatoms. The summed E-state index contributed by atoms with van der Waals surface area (Å²) in [5, 5.41) is 0. The zero-order valence-electron chi connectivity index (χ0n) is 11.3. The van der Waals surface area contributed by atoms with Gasteiger partial charge in [0.15, 0.2) is 0 Å². The lowest BCUT2D eigenvalue weighted by molar-refractivity contribution is 0.686. The molecule has 2 N–H and O–H groups in total. The van der Waals surface area contributed by atoms with E-state index in [1.165, 1.54) is 42.4 Å². The number of fused-ring (bicyclic) bond motifs is 1. The molecule has 0 saturated heterocycles. The first-order chi connectivity index (χ1) is 9.24. The summed E-state index contributed by atoms with van der Waals surface area (Å²) in [6.07, 6.45) is 6.80. The molecule has 1 aromatic carbocycles. The third-order valence-electron chi connectivity index (χ3n) is 3.73. The average molecular weight is 253 g/mol. The van der Waals surface area contributed by atoms with Crippen molar-refractivity contribution in [1.82, 2.24) is 9.97 Å². The molecule has 0 aliphatic heterocycles. The van der Waals surface area contributed by atoms with Crippen LogP contribution in [-0.4, -0.2) is 9.97 Å². The zero-order valence-corrected chi connectivity index (χ0v) is 11.3. The molecule has 19 heavy (non-hydrogen) atoms. The van der Waals surface area contributed by atoms with E-state index in [-0.39, 0.29) is 6.04 Å². The Bertz CT molecular complexity index is 590. The maximum absolute atomic E-state index is 5.85. The van der Waals surface area contributed by atoms with E-state index in [9.17, 15) is 0 Å². The molecular formula is C16H19N3. The van der Waals surface area contributed by atoms with Crippen LogP contribution in [0.5, 0.6) is 0 Å². The quantitative estimate of drug-likeness (QED) is 0.895. The molecule has 1 aliphatic rings. The molecular weight excluding hydrogens is 234 g/mol. The fourth-order valence-electron chi connectivity index (χ4n) is 2.65. The number of aryl methyl sites for hydroxylation is 2. The number of nitrogens with zero attached hydrogens (tertiary/aromatic N) is 2. The summed E-state index contributed by atoms with van der Waals surface area (Å²) in [7, 11) is 0. The number of rotatable bonds is 2. The average Bonchev–Trinajstić information content (AvgIpc) is 2.47. The number of nitrogens with two attached hydrogens (primary N) is 1. The van der Waals surface area contributed by atoms with Gasteiger partial charge in [-0.2, -0.15) is 0 Å². The highest BCUT2D eigenvalue weighted by Crippen LogP contribution is 2.26. The SMILES string of the molecule is CC(N)c1nccc(-c2ccc3c(c2)CCCC3)n1. The highest BCUT2D eigenvalue weighted by molar-refractivity contribution is 5.61. The first-order valence-electron chi connectivity index (χ1n) is 6.95. The molecule has 0 radical (unpaired) electrons. The minimum absolute atomic E-state index is 0.127. The van der Waals surface area contributed by atoms with E-state index >= 15 is 0 Å². The van der Waals surface area contributed by atoms with Crippen molar-refractivity contribution in [1.29, 1.82) is 0 Å². The Kier molecular flexibility index (Phi) is 3.30. The molecule has 1 atom stereocenters. The molecule has 0 spiro atoms. The van der Waals surface area contributed by atoms with Crippen molar-refractivity contribution in [3.8, 4) is 11.3 Å². The smallest absolute Gasteiger partial charge is 0.145 e. The fourth-order valence-corrected chi connectivity index (χ4v) is 2.65. The Morgan fingerprint density at radius 3 is 2.68 bits per heavy atom. The van der Waals surface area contributed by atoms with E-state index < -0.39 is 0 Å². The number of aromatic nitrogens is 2. The molecule has 0 fully saturated rings. The highest BCUT2D eigenvalue weighted by Gasteiger charge is 2.11. The van der Waals surface area contributed by atoms with Gasteiger partial charge in [0.05, 0.1) is 11.7 Å². The lowest BCUT2D eigenvalue weighted by atomic mass is 9.90. The summed E-state index contributed by atoms with van der Waals surface area (Å²) in [6.45, 7) is 1.91. The molecule has 98 valence electrons. The molecule has 3 rings (SSSR count).